The number of aryl methyl sites for hydroxylation is 2. The highest BCUT2D eigenvalue weighted by Gasteiger charge is 2.19. The fraction of sp³-hybridized carbons (Fsp3) is 0.500. The fourth-order valence-electron chi connectivity index (χ4n) is 1.53. The summed E-state index contributed by atoms with van der Waals surface area (Å²) in [5.41, 5.74) is 1.72. The molecule has 0 heterocycles. The van der Waals surface area contributed by atoms with Crippen LogP contribution < -0.4 is 4.74 Å². The van der Waals surface area contributed by atoms with Gasteiger partial charge in [0.15, 0.2) is 5.75 Å². The van der Waals surface area contributed by atoms with Crippen LogP contribution in [-0.2, 0) is 0 Å². The molecule has 0 spiro atoms. The minimum atomic E-state index is -0.395. The van der Waals surface area contributed by atoms with E-state index >= 15 is 0 Å². The maximum atomic E-state index is 11.0. The Morgan fingerprint density at radius 3 is 2.65 bits per heavy atom. The van der Waals surface area contributed by atoms with Crippen molar-refractivity contribution in [3.63, 3.8) is 0 Å². The summed E-state index contributed by atoms with van der Waals surface area (Å²) in [5, 5.41) is 11.8. The zero-order valence-corrected chi connectivity index (χ0v) is 11.8. The minimum absolute atomic E-state index is 0.0456. The summed E-state index contributed by atoms with van der Waals surface area (Å²) in [6, 6.07) is 3.43. The van der Waals surface area contributed by atoms with Gasteiger partial charge in [-0.15, -0.1) is 0 Å². The molecule has 0 bridgehead atoms. The minimum Gasteiger partial charge on any atom is -0.486 e. The van der Waals surface area contributed by atoms with Crippen LogP contribution in [0, 0.1) is 29.9 Å². The SMILES string of the molecule is Cc1cc(C)c(OCC(C)CBr)c([N+](=O)[O-])c1. The van der Waals surface area contributed by atoms with E-state index in [-0.39, 0.29) is 5.69 Å². The number of nitro groups is 1. The first-order chi connectivity index (χ1) is 7.95. The molecule has 0 saturated heterocycles. The number of alkyl halides is 1. The Kier molecular flexibility index (Phi) is 4.93. The van der Waals surface area contributed by atoms with E-state index in [0.29, 0.717) is 18.3 Å². The summed E-state index contributed by atoms with van der Waals surface area (Å²) in [5.74, 6) is 0.698. The van der Waals surface area contributed by atoms with E-state index in [2.05, 4.69) is 15.9 Å². The Labute approximate surface area is 109 Å². The smallest absolute Gasteiger partial charge is 0.311 e. The Morgan fingerprint density at radius 1 is 1.47 bits per heavy atom. The molecule has 0 saturated carbocycles. The zero-order chi connectivity index (χ0) is 13.0. The molecule has 5 heteroatoms. The van der Waals surface area contributed by atoms with Crippen LogP contribution in [0.3, 0.4) is 0 Å². The average molecular weight is 302 g/mol. The number of benzene rings is 1. The molecular weight excluding hydrogens is 286 g/mol. The molecule has 0 fully saturated rings. The van der Waals surface area contributed by atoms with Crippen molar-refractivity contribution in [2.45, 2.75) is 20.8 Å². The van der Waals surface area contributed by atoms with Crippen LogP contribution in [0.15, 0.2) is 12.1 Å². The van der Waals surface area contributed by atoms with Crippen molar-refractivity contribution in [1.82, 2.24) is 0 Å². The van der Waals surface area contributed by atoms with Gasteiger partial charge in [-0.25, -0.2) is 0 Å². The lowest BCUT2D eigenvalue weighted by atomic mass is 10.1. The maximum absolute atomic E-state index is 11.0. The molecule has 94 valence electrons. The highest BCUT2D eigenvalue weighted by molar-refractivity contribution is 9.09. The largest absolute Gasteiger partial charge is 0.486 e. The summed E-state index contributed by atoms with van der Waals surface area (Å²) in [6.07, 6.45) is 0. The van der Waals surface area contributed by atoms with Gasteiger partial charge in [0.05, 0.1) is 11.5 Å². The molecule has 4 nitrogen and oxygen atoms in total. The third-order valence-corrected chi connectivity index (χ3v) is 3.48. The lowest BCUT2D eigenvalue weighted by molar-refractivity contribution is -0.386. The van der Waals surface area contributed by atoms with Crippen LogP contribution in [0.4, 0.5) is 5.69 Å². The van der Waals surface area contributed by atoms with Crippen LogP contribution in [0.5, 0.6) is 5.75 Å². The number of rotatable bonds is 5. The molecule has 1 aromatic rings. The maximum Gasteiger partial charge on any atom is 0.311 e. The van der Waals surface area contributed by atoms with Gasteiger partial charge in [-0.05, 0) is 30.9 Å². The molecule has 1 rings (SSSR count). The predicted octanol–water partition coefficient (Wildman–Crippen LogP) is 3.62. The first-order valence-electron chi connectivity index (χ1n) is 5.40. The van der Waals surface area contributed by atoms with Gasteiger partial charge < -0.3 is 4.74 Å². The van der Waals surface area contributed by atoms with E-state index in [1.807, 2.05) is 26.8 Å². The molecule has 17 heavy (non-hydrogen) atoms. The Bertz CT molecular complexity index is 420. The fourth-order valence-corrected chi connectivity index (χ4v) is 1.71. The van der Waals surface area contributed by atoms with Crippen LogP contribution in [0.25, 0.3) is 0 Å². The summed E-state index contributed by atoms with van der Waals surface area (Å²) in [4.78, 5) is 10.6. The Hall–Kier alpha value is -1.10. The van der Waals surface area contributed by atoms with Crippen molar-refractivity contribution in [2.75, 3.05) is 11.9 Å². The number of ether oxygens (including phenoxy) is 1. The van der Waals surface area contributed by atoms with Crippen molar-refractivity contribution in [1.29, 1.82) is 0 Å². The average Bonchev–Trinajstić information content (AvgIpc) is 2.26. The molecule has 0 aliphatic rings. The van der Waals surface area contributed by atoms with Crippen molar-refractivity contribution in [3.05, 3.63) is 33.4 Å². The van der Waals surface area contributed by atoms with Crippen molar-refractivity contribution in [3.8, 4) is 5.75 Å². The molecule has 1 aromatic carbocycles. The van der Waals surface area contributed by atoms with E-state index in [4.69, 9.17) is 4.74 Å². The lowest BCUT2D eigenvalue weighted by Gasteiger charge is -2.13. The predicted molar refractivity (Wildman–Crippen MR) is 71.0 cm³/mol. The van der Waals surface area contributed by atoms with E-state index in [1.54, 1.807) is 6.07 Å². The third-order valence-electron chi connectivity index (χ3n) is 2.37. The van der Waals surface area contributed by atoms with Crippen LogP contribution in [0.1, 0.15) is 18.1 Å². The van der Waals surface area contributed by atoms with Crippen molar-refractivity contribution < 1.29 is 9.66 Å². The second kappa shape index (κ2) is 6.00. The van der Waals surface area contributed by atoms with Crippen LogP contribution in [-0.4, -0.2) is 16.9 Å². The molecule has 0 aliphatic carbocycles. The number of hydrogen-bond donors (Lipinski definition) is 0. The Balaban J connectivity index is 3.00. The van der Waals surface area contributed by atoms with Crippen LogP contribution >= 0.6 is 15.9 Å². The number of nitrogens with zero attached hydrogens (tertiary/aromatic N) is 1. The molecule has 0 N–H and O–H groups in total. The first kappa shape index (κ1) is 14.0. The first-order valence-corrected chi connectivity index (χ1v) is 6.52. The number of halogens is 1. The second-order valence-electron chi connectivity index (χ2n) is 4.26. The number of hydrogen-bond acceptors (Lipinski definition) is 3. The summed E-state index contributed by atoms with van der Waals surface area (Å²) < 4.78 is 5.57. The van der Waals surface area contributed by atoms with Crippen LogP contribution in [0.2, 0.25) is 0 Å². The third kappa shape index (κ3) is 3.70. The quantitative estimate of drug-likeness (QED) is 0.474. The summed E-state index contributed by atoms with van der Waals surface area (Å²) >= 11 is 3.35. The van der Waals surface area contributed by atoms with Gasteiger partial charge in [0, 0.05) is 11.4 Å². The molecule has 0 radical (unpaired) electrons. The molecule has 0 aliphatic heterocycles. The van der Waals surface area contributed by atoms with Gasteiger partial charge in [-0.3, -0.25) is 10.1 Å². The Morgan fingerprint density at radius 2 is 2.12 bits per heavy atom. The van der Waals surface area contributed by atoms with Gasteiger partial charge >= 0.3 is 5.69 Å². The van der Waals surface area contributed by atoms with E-state index in [0.717, 1.165) is 16.5 Å². The zero-order valence-electron chi connectivity index (χ0n) is 10.2. The second-order valence-corrected chi connectivity index (χ2v) is 4.91. The summed E-state index contributed by atoms with van der Waals surface area (Å²) in [7, 11) is 0. The van der Waals surface area contributed by atoms with Gasteiger partial charge in [-0.1, -0.05) is 28.9 Å². The molecule has 1 atom stereocenters. The molecule has 0 amide bonds. The lowest BCUT2D eigenvalue weighted by Crippen LogP contribution is -2.11. The van der Waals surface area contributed by atoms with E-state index in [9.17, 15) is 10.1 Å². The molecular formula is C12H16BrNO3. The van der Waals surface area contributed by atoms with Gasteiger partial charge in [-0.2, -0.15) is 0 Å². The summed E-state index contributed by atoms with van der Waals surface area (Å²) in [6.45, 7) is 6.15. The normalized spacial score (nSPS) is 12.2. The van der Waals surface area contributed by atoms with E-state index in [1.165, 1.54) is 0 Å². The van der Waals surface area contributed by atoms with Crippen molar-refractivity contribution in [2.24, 2.45) is 5.92 Å². The highest BCUT2D eigenvalue weighted by atomic mass is 79.9. The highest BCUT2D eigenvalue weighted by Crippen LogP contribution is 2.32. The van der Waals surface area contributed by atoms with Crippen molar-refractivity contribution >= 4 is 21.6 Å². The molecule has 1 unspecified atom stereocenters. The van der Waals surface area contributed by atoms with Gasteiger partial charge in [0.25, 0.3) is 0 Å². The monoisotopic (exact) mass is 301 g/mol. The molecule has 0 aromatic heterocycles. The topological polar surface area (TPSA) is 52.4 Å². The number of nitro benzene ring substituents is 1. The van der Waals surface area contributed by atoms with Gasteiger partial charge in [0.2, 0.25) is 0 Å². The standard InChI is InChI=1S/C12H16BrNO3/c1-8-4-10(3)12(11(5-8)14(15)16)17-7-9(2)6-13/h4-5,9H,6-7H2,1-3H3. The van der Waals surface area contributed by atoms with Gasteiger partial charge in [0.1, 0.15) is 0 Å². The van der Waals surface area contributed by atoms with E-state index < -0.39 is 4.92 Å².